The average Bonchev–Trinajstić information content (AvgIpc) is 2.78. The Morgan fingerprint density at radius 3 is 2.44 bits per heavy atom. The summed E-state index contributed by atoms with van der Waals surface area (Å²) in [6.07, 6.45) is -5.21. The molecule has 0 bridgehead atoms. The quantitative estimate of drug-likeness (QED) is 0.393. The molecule has 3 rings (SSSR count). The molecule has 1 atom stereocenters. The highest BCUT2D eigenvalue weighted by atomic mass is 32.2. The Morgan fingerprint density at radius 1 is 1.18 bits per heavy atom. The number of benzene rings is 2. The van der Waals surface area contributed by atoms with Crippen molar-refractivity contribution in [1.82, 2.24) is 10.8 Å². The first-order valence-corrected chi connectivity index (χ1v) is 11.7. The number of hydrogen-bond acceptors (Lipinski definition) is 7. The number of ether oxygens (including phenoxy) is 1. The number of carbonyl (C=O) groups is 2. The van der Waals surface area contributed by atoms with Gasteiger partial charge in [-0.3, -0.25) is 14.8 Å². The van der Waals surface area contributed by atoms with Gasteiger partial charge in [-0.05, 0) is 42.8 Å². The minimum atomic E-state index is -4.80. The van der Waals surface area contributed by atoms with Crippen LogP contribution in [0.15, 0.2) is 47.4 Å². The second kappa shape index (κ2) is 9.89. The molecule has 0 aliphatic carbocycles. The van der Waals surface area contributed by atoms with E-state index in [1.165, 1.54) is 35.8 Å². The molecule has 1 aliphatic heterocycles. The maximum absolute atomic E-state index is 13.0. The van der Waals surface area contributed by atoms with Crippen LogP contribution in [0.2, 0.25) is 0 Å². The summed E-state index contributed by atoms with van der Waals surface area (Å²) in [5, 5.41) is 10.3. The third-order valence-electron chi connectivity index (χ3n) is 5.26. The van der Waals surface area contributed by atoms with Crippen LogP contribution < -0.4 is 20.4 Å². The number of alkyl halides is 3. The minimum absolute atomic E-state index is 0.0106. The largest absolute Gasteiger partial charge is 0.573 e. The van der Waals surface area contributed by atoms with Crippen LogP contribution in [0.4, 0.5) is 18.9 Å². The Morgan fingerprint density at radius 2 is 1.85 bits per heavy atom. The van der Waals surface area contributed by atoms with Crippen LogP contribution >= 0.6 is 0 Å². The number of anilines is 1. The van der Waals surface area contributed by atoms with Gasteiger partial charge in [-0.25, -0.2) is 13.9 Å². The third kappa shape index (κ3) is 5.78. The molecule has 1 unspecified atom stereocenters. The molecule has 9 nitrogen and oxygen atoms in total. The molecule has 0 fully saturated rings. The monoisotopic (exact) mass is 501 g/mol. The van der Waals surface area contributed by atoms with Crippen molar-refractivity contribution in [3.63, 3.8) is 0 Å². The van der Waals surface area contributed by atoms with Gasteiger partial charge in [-0.15, -0.1) is 13.2 Å². The summed E-state index contributed by atoms with van der Waals surface area (Å²) in [6, 6.07) is 9.10. The molecule has 13 heteroatoms. The highest BCUT2D eigenvalue weighted by molar-refractivity contribution is 7.92. The van der Waals surface area contributed by atoms with E-state index in [-0.39, 0.29) is 29.3 Å². The molecular weight excluding hydrogens is 479 g/mol. The van der Waals surface area contributed by atoms with Gasteiger partial charge in [0.05, 0.1) is 15.8 Å². The third-order valence-corrected chi connectivity index (χ3v) is 7.41. The number of nitrogens with one attached hydrogen (secondary N) is 2. The number of rotatable bonds is 7. The van der Waals surface area contributed by atoms with Crippen molar-refractivity contribution in [2.24, 2.45) is 0 Å². The SMILES string of the molecule is CCN1CC(CC(=O)NO)S(=O)(=O)c2ccc(C(=O)NCc3ccc(OC(F)(F)F)cc3)cc21. The lowest BCUT2D eigenvalue weighted by Gasteiger charge is -2.35. The number of hydroxylamine groups is 1. The maximum atomic E-state index is 13.0. The number of halogens is 3. The first kappa shape index (κ1) is 25.3. The predicted molar refractivity (Wildman–Crippen MR) is 114 cm³/mol. The van der Waals surface area contributed by atoms with Gasteiger partial charge < -0.3 is 15.0 Å². The number of fused-ring (bicyclic) bond motifs is 1. The Bertz CT molecular complexity index is 1170. The first-order chi connectivity index (χ1) is 15.9. The lowest BCUT2D eigenvalue weighted by Crippen LogP contribution is -2.44. The molecule has 2 aromatic rings. The fourth-order valence-electron chi connectivity index (χ4n) is 3.59. The Kier molecular flexibility index (Phi) is 7.36. The lowest BCUT2D eigenvalue weighted by molar-refractivity contribution is -0.274. The standard InChI is InChI=1S/C21H22F3N3O6S/c1-2-27-12-16(10-19(28)26-30)34(31,32)18-8-5-14(9-17(18)27)20(29)25-11-13-3-6-15(7-4-13)33-21(22,23)24/h3-9,16,30H,2,10-12H2,1H3,(H,25,29)(H,26,28). The normalized spacial score (nSPS) is 17.0. The zero-order chi connectivity index (χ0) is 25.1. The lowest BCUT2D eigenvalue weighted by atomic mass is 10.1. The summed E-state index contributed by atoms with van der Waals surface area (Å²) in [5.41, 5.74) is 2.48. The van der Waals surface area contributed by atoms with E-state index in [1.807, 2.05) is 0 Å². The molecular formula is C21H22F3N3O6S. The fourth-order valence-corrected chi connectivity index (χ4v) is 5.43. The zero-order valence-electron chi connectivity index (χ0n) is 17.9. The first-order valence-electron chi connectivity index (χ1n) is 10.1. The van der Waals surface area contributed by atoms with Gasteiger partial charge in [0.2, 0.25) is 5.91 Å². The number of carbonyl (C=O) groups excluding carboxylic acids is 2. The van der Waals surface area contributed by atoms with Crippen LogP contribution in [-0.4, -0.2) is 50.1 Å². The topological polar surface area (TPSA) is 125 Å². The Labute approximate surface area is 193 Å². The summed E-state index contributed by atoms with van der Waals surface area (Å²) in [4.78, 5) is 25.9. The van der Waals surface area contributed by atoms with Crippen LogP contribution in [0.1, 0.15) is 29.3 Å². The van der Waals surface area contributed by atoms with E-state index in [9.17, 15) is 31.2 Å². The van der Waals surface area contributed by atoms with Gasteiger partial charge in [-0.1, -0.05) is 12.1 Å². The molecule has 1 aliphatic rings. The van der Waals surface area contributed by atoms with Crippen molar-refractivity contribution in [1.29, 1.82) is 0 Å². The van der Waals surface area contributed by atoms with Crippen LogP contribution in [0, 0.1) is 0 Å². The summed E-state index contributed by atoms with van der Waals surface area (Å²) in [7, 11) is -3.88. The maximum Gasteiger partial charge on any atom is 0.573 e. The highest BCUT2D eigenvalue weighted by Crippen LogP contribution is 2.35. The van der Waals surface area contributed by atoms with E-state index in [0.717, 1.165) is 12.1 Å². The Hall–Kier alpha value is -3.32. The van der Waals surface area contributed by atoms with Crippen molar-refractivity contribution in [2.75, 3.05) is 18.0 Å². The predicted octanol–water partition coefficient (Wildman–Crippen LogP) is 2.39. The van der Waals surface area contributed by atoms with Gasteiger partial charge in [0.25, 0.3) is 5.91 Å². The van der Waals surface area contributed by atoms with Gasteiger partial charge in [0.15, 0.2) is 9.84 Å². The molecule has 0 spiro atoms. The Balaban J connectivity index is 1.74. The molecule has 34 heavy (non-hydrogen) atoms. The molecule has 3 N–H and O–H groups in total. The van der Waals surface area contributed by atoms with E-state index in [2.05, 4.69) is 10.1 Å². The summed E-state index contributed by atoms with van der Waals surface area (Å²) in [5.74, 6) is -1.70. The molecule has 0 saturated carbocycles. The van der Waals surface area contributed by atoms with E-state index < -0.39 is 39.7 Å². The molecule has 0 aromatic heterocycles. The highest BCUT2D eigenvalue weighted by Gasteiger charge is 2.38. The second-order valence-electron chi connectivity index (χ2n) is 7.50. The molecule has 2 aromatic carbocycles. The fraction of sp³-hybridized carbons (Fsp3) is 0.333. The number of sulfone groups is 1. The van der Waals surface area contributed by atoms with Crippen molar-refractivity contribution in [3.8, 4) is 5.75 Å². The van der Waals surface area contributed by atoms with E-state index in [1.54, 1.807) is 11.8 Å². The molecule has 2 amide bonds. The van der Waals surface area contributed by atoms with Gasteiger partial charge in [0.1, 0.15) is 5.75 Å². The number of hydrogen-bond donors (Lipinski definition) is 3. The van der Waals surface area contributed by atoms with Crippen molar-refractivity contribution < 1.29 is 41.1 Å². The van der Waals surface area contributed by atoms with E-state index in [0.29, 0.717) is 17.8 Å². The van der Waals surface area contributed by atoms with Crippen LogP contribution in [0.3, 0.4) is 0 Å². The molecule has 1 heterocycles. The summed E-state index contributed by atoms with van der Waals surface area (Å²) >= 11 is 0. The van der Waals surface area contributed by atoms with Gasteiger partial charge >= 0.3 is 6.36 Å². The van der Waals surface area contributed by atoms with E-state index >= 15 is 0 Å². The van der Waals surface area contributed by atoms with Crippen molar-refractivity contribution in [3.05, 3.63) is 53.6 Å². The van der Waals surface area contributed by atoms with Crippen LogP contribution in [-0.2, 0) is 21.2 Å². The average molecular weight is 501 g/mol. The van der Waals surface area contributed by atoms with Gasteiger partial charge in [0, 0.05) is 31.6 Å². The van der Waals surface area contributed by atoms with Gasteiger partial charge in [-0.2, -0.15) is 0 Å². The zero-order valence-corrected chi connectivity index (χ0v) is 18.7. The van der Waals surface area contributed by atoms with Crippen LogP contribution in [0.25, 0.3) is 0 Å². The second-order valence-corrected chi connectivity index (χ2v) is 9.70. The van der Waals surface area contributed by atoms with E-state index in [4.69, 9.17) is 5.21 Å². The minimum Gasteiger partial charge on any atom is -0.406 e. The molecule has 0 radical (unpaired) electrons. The molecule has 184 valence electrons. The summed E-state index contributed by atoms with van der Waals surface area (Å²) in [6.45, 7) is 2.24. The van der Waals surface area contributed by atoms with Crippen molar-refractivity contribution >= 4 is 27.3 Å². The summed E-state index contributed by atoms with van der Waals surface area (Å²) < 4.78 is 66.5. The van der Waals surface area contributed by atoms with Crippen LogP contribution in [0.5, 0.6) is 5.75 Å². The number of nitrogens with zero attached hydrogens (tertiary/aromatic N) is 1. The smallest absolute Gasteiger partial charge is 0.406 e. The number of amides is 2. The molecule has 0 saturated heterocycles. The van der Waals surface area contributed by atoms with Crippen molar-refractivity contribution in [2.45, 2.75) is 36.4 Å².